The highest BCUT2D eigenvalue weighted by Crippen LogP contribution is 2.47. The number of amides is 2. The van der Waals surface area contributed by atoms with Crippen molar-refractivity contribution in [2.45, 2.75) is 62.2 Å². The lowest BCUT2D eigenvalue weighted by atomic mass is 9.61. The van der Waals surface area contributed by atoms with E-state index >= 15 is 0 Å². The van der Waals surface area contributed by atoms with Gasteiger partial charge in [-0.2, -0.15) is 18.3 Å². The van der Waals surface area contributed by atoms with Crippen molar-refractivity contribution in [2.75, 3.05) is 39.8 Å². The summed E-state index contributed by atoms with van der Waals surface area (Å²) in [7, 11) is 2.11. The zero-order valence-corrected chi connectivity index (χ0v) is 21.7. The second-order valence-corrected chi connectivity index (χ2v) is 11.2. The monoisotopic (exact) mass is 532 g/mol. The molecule has 1 aromatic heterocycles. The van der Waals surface area contributed by atoms with Gasteiger partial charge in [0.15, 0.2) is 0 Å². The van der Waals surface area contributed by atoms with Crippen molar-refractivity contribution in [3.8, 4) is 11.3 Å². The highest BCUT2D eigenvalue weighted by molar-refractivity contribution is 5.94. The van der Waals surface area contributed by atoms with E-state index in [1.165, 1.54) is 24.3 Å². The number of alkyl halides is 3. The van der Waals surface area contributed by atoms with Crippen LogP contribution in [0.2, 0.25) is 0 Å². The minimum atomic E-state index is -4.52. The van der Waals surface area contributed by atoms with Gasteiger partial charge >= 0.3 is 6.18 Å². The van der Waals surface area contributed by atoms with Crippen LogP contribution in [0.15, 0.2) is 30.3 Å². The molecule has 3 aliphatic carbocycles. The van der Waals surface area contributed by atoms with Gasteiger partial charge in [-0.3, -0.25) is 14.7 Å². The minimum absolute atomic E-state index is 0.0723. The summed E-state index contributed by atoms with van der Waals surface area (Å²) in [5.41, 5.74) is -1.25. The number of H-pyrrole nitrogens is 1. The number of piperazine rings is 1. The van der Waals surface area contributed by atoms with Crippen LogP contribution in [0.1, 0.15) is 61.0 Å². The van der Waals surface area contributed by atoms with Gasteiger partial charge in [-0.1, -0.05) is 18.2 Å². The summed E-state index contributed by atoms with van der Waals surface area (Å²) >= 11 is 0. The third-order valence-electron chi connectivity index (χ3n) is 8.61. The Hall–Kier alpha value is -2.92. The molecule has 4 aliphatic rings. The summed E-state index contributed by atoms with van der Waals surface area (Å²) in [5.74, 6) is -0.287. The molecule has 2 aromatic rings. The number of halogens is 3. The predicted octanol–water partition coefficient (Wildman–Crippen LogP) is 3.42. The van der Waals surface area contributed by atoms with E-state index in [1.54, 1.807) is 0 Å². The molecule has 0 unspecified atom stereocenters. The number of nitrogens with one attached hydrogen (secondary N) is 3. The maximum atomic E-state index is 13.4. The Bertz CT molecular complexity index is 1150. The Morgan fingerprint density at radius 2 is 1.58 bits per heavy atom. The van der Waals surface area contributed by atoms with Crippen molar-refractivity contribution in [3.05, 3.63) is 41.6 Å². The van der Waals surface area contributed by atoms with Gasteiger partial charge in [-0.05, 0) is 57.7 Å². The Balaban J connectivity index is 1.15. The number of rotatable bonds is 7. The van der Waals surface area contributed by atoms with Gasteiger partial charge in [0.25, 0.3) is 5.91 Å². The number of aromatic nitrogens is 2. The molecule has 1 aliphatic heterocycles. The first-order chi connectivity index (χ1) is 18.1. The molecule has 2 amide bonds. The highest BCUT2D eigenvalue weighted by atomic mass is 19.4. The molecule has 206 valence electrons. The molecule has 1 saturated heterocycles. The number of hydrogen-bond acceptors (Lipinski definition) is 5. The molecule has 3 N–H and O–H groups in total. The quantitative estimate of drug-likeness (QED) is 0.508. The normalized spacial score (nSPS) is 26.3. The summed E-state index contributed by atoms with van der Waals surface area (Å²) < 4.78 is 40.2. The Morgan fingerprint density at radius 1 is 0.974 bits per heavy atom. The number of fused-ring (bicyclic) bond motifs is 3. The molecule has 0 atom stereocenters. The summed E-state index contributed by atoms with van der Waals surface area (Å²) in [6.07, 6.45) is 0.586. The SMILES string of the molecule is CN1CCN(CCC(=O)NC23CCC(NC(=O)c4cc(-c5ccccc5C(F)(F)F)n[nH]4)(CC2)CC3)CC1. The summed E-state index contributed by atoms with van der Waals surface area (Å²) in [4.78, 5) is 30.4. The lowest BCUT2D eigenvalue weighted by Gasteiger charge is -2.53. The van der Waals surface area contributed by atoms with Crippen molar-refractivity contribution in [1.82, 2.24) is 30.6 Å². The van der Waals surface area contributed by atoms with Crippen LogP contribution in [-0.2, 0) is 11.0 Å². The molecule has 4 fully saturated rings. The summed E-state index contributed by atoms with van der Waals surface area (Å²) in [6, 6.07) is 6.56. The number of aromatic amines is 1. The molecule has 11 heteroatoms. The molecule has 3 saturated carbocycles. The van der Waals surface area contributed by atoms with Crippen molar-refractivity contribution in [1.29, 1.82) is 0 Å². The van der Waals surface area contributed by atoms with Crippen LogP contribution < -0.4 is 10.6 Å². The largest absolute Gasteiger partial charge is 0.417 e. The van der Waals surface area contributed by atoms with Crippen LogP contribution in [-0.4, -0.2) is 82.7 Å². The van der Waals surface area contributed by atoms with Crippen LogP contribution in [0, 0.1) is 0 Å². The Morgan fingerprint density at radius 3 is 2.21 bits per heavy atom. The second kappa shape index (κ2) is 10.3. The maximum Gasteiger partial charge on any atom is 0.417 e. The van der Waals surface area contributed by atoms with Gasteiger partial charge in [0.2, 0.25) is 5.91 Å². The number of hydrogen-bond donors (Lipinski definition) is 3. The molecular formula is C27H35F3N6O2. The number of benzene rings is 1. The average molecular weight is 533 g/mol. The smallest absolute Gasteiger partial charge is 0.351 e. The van der Waals surface area contributed by atoms with Crippen molar-refractivity contribution < 1.29 is 22.8 Å². The van der Waals surface area contributed by atoms with E-state index in [4.69, 9.17) is 0 Å². The van der Waals surface area contributed by atoms with Crippen LogP contribution in [0.25, 0.3) is 11.3 Å². The average Bonchev–Trinajstić information content (AvgIpc) is 3.40. The van der Waals surface area contributed by atoms with E-state index in [-0.39, 0.29) is 39.8 Å². The molecule has 1 aromatic carbocycles. The van der Waals surface area contributed by atoms with Gasteiger partial charge in [0.05, 0.1) is 11.3 Å². The van der Waals surface area contributed by atoms with Crippen molar-refractivity contribution in [3.63, 3.8) is 0 Å². The molecular weight excluding hydrogens is 497 g/mol. The van der Waals surface area contributed by atoms with E-state index in [0.29, 0.717) is 6.42 Å². The number of carbonyl (C=O) groups excluding carboxylic acids is 2. The molecule has 2 bridgehead atoms. The first-order valence-electron chi connectivity index (χ1n) is 13.3. The fourth-order valence-electron chi connectivity index (χ4n) is 6.09. The van der Waals surface area contributed by atoms with E-state index in [2.05, 4.69) is 37.7 Å². The first-order valence-corrected chi connectivity index (χ1v) is 13.3. The van der Waals surface area contributed by atoms with Crippen LogP contribution >= 0.6 is 0 Å². The Labute approximate surface area is 220 Å². The predicted molar refractivity (Wildman–Crippen MR) is 136 cm³/mol. The number of nitrogens with zero attached hydrogens (tertiary/aromatic N) is 3. The summed E-state index contributed by atoms with van der Waals surface area (Å²) in [6.45, 7) is 4.81. The van der Waals surface area contributed by atoms with E-state index in [0.717, 1.165) is 77.3 Å². The number of carbonyl (C=O) groups is 2. The van der Waals surface area contributed by atoms with Gasteiger partial charge in [-0.25, -0.2) is 0 Å². The van der Waals surface area contributed by atoms with E-state index in [1.807, 2.05) is 0 Å². The van der Waals surface area contributed by atoms with E-state index < -0.39 is 11.7 Å². The summed E-state index contributed by atoms with van der Waals surface area (Å²) in [5, 5.41) is 13.0. The van der Waals surface area contributed by atoms with Crippen molar-refractivity contribution >= 4 is 11.8 Å². The van der Waals surface area contributed by atoms with E-state index in [9.17, 15) is 22.8 Å². The second-order valence-electron chi connectivity index (χ2n) is 11.2. The zero-order valence-electron chi connectivity index (χ0n) is 21.7. The lowest BCUT2D eigenvalue weighted by Crippen LogP contribution is -2.63. The third-order valence-corrected chi connectivity index (χ3v) is 8.61. The Kier molecular flexibility index (Phi) is 7.25. The molecule has 0 spiro atoms. The van der Waals surface area contributed by atoms with Crippen LogP contribution in [0.4, 0.5) is 13.2 Å². The maximum absolute atomic E-state index is 13.4. The van der Waals surface area contributed by atoms with Gasteiger partial charge < -0.3 is 20.4 Å². The molecule has 6 rings (SSSR count). The molecule has 38 heavy (non-hydrogen) atoms. The zero-order chi connectivity index (χ0) is 27.0. The minimum Gasteiger partial charge on any atom is -0.351 e. The first kappa shape index (κ1) is 26.7. The highest BCUT2D eigenvalue weighted by Gasteiger charge is 2.50. The molecule has 0 radical (unpaired) electrons. The fourth-order valence-corrected chi connectivity index (χ4v) is 6.09. The number of likely N-dealkylation sites (N-methyl/N-ethyl adjacent to an activating group) is 1. The molecule has 2 heterocycles. The topological polar surface area (TPSA) is 93.4 Å². The van der Waals surface area contributed by atoms with Gasteiger partial charge in [-0.15, -0.1) is 0 Å². The van der Waals surface area contributed by atoms with Crippen LogP contribution in [0.5, 0.6) is 0 Å². The van der Waals surface area contributed by atoms with Gasteiger partial charge in [0, 0.05) is 55.8 Å². The standard InChI is InChI=1S/C27H35F3N6O2/c1-35-14-16-36(17-15-35)13-6-23(37)31-25-7-10-26(11-8-25,12-9-25)32-24(38)22-18-21(33-34-22)19-4-2-3-5-20(19)27(28,29)30/h2-5,18H,6-17H2,1H3,(H,31,37)(H,32,38)(H,33,34). The fraction of sp³-hybridized carbons (Fsp3) is 0.593. The molecule has 8 nitrogen and oxygen atoms in total. The third kappa shape index (κ3) is 5.73. The lowest BCUT2D eigenvalue weighted by molar-refractivity contribution is -0.137. The van der Waals surface area contributed by atoms with Gasteiger partial charge in [0.1, 0.15) is 5.69 Å². The van der Waals surface area contributed by atoms with Crippen LogP contribution in [0.3, 0.4) is 0 Å². The van der Waals surface area contributed by atoms with Crippen molar-refractivity contribution in [2.24, 2.45) is 0 Å².